The molecule has 2 rings (SSSR count). The lowest BCUT2D eigenvalue weighted by atomic mass is 10.1. The molecule has 3 heteroatoms. The summed E-state index contributed by atoms with van der Waals surface area (Å²) < 4.78 is 1.11. The van der Waals surface area contributed by atoms with E-state index in [0.29, 0.717) is 0 Å². The molecule has 1 atom stereocenters. The van der Waals surface area contributed by atoms with Gasteiger partial charge in [0.25, 0.3) is 0 Å². The molecule has 88 valence electrons. The van der Waals surface area contributed by atoms with Crippen molar-refractivity contribution in [2.45, 2.75) is 32.4 Å². The zero-order valence-electron chi connectivity index (χ0n) is 9.62. The zero-order valence-corrected chi connectivity index (χ0v) is 11.2. The third-order valence-corrected chi connectivity index (χ3v) is 3.89. The molecule has 0 aliphatic carbocycles. The van der Waals surface area contributed by atoms with Gasteiger partial charge in [0.15, 0.2) is 0 Å². The van der Waals surface area contributed by atoms with Crippen molar-refractivity contribution in [3.63, 3.8) is 0 Å². The molecule has 0 saturated carbocycles. The van der Waals surface area contributed by atoms with Crippen molar-refractivity contribution < 1.29 is 5.11 Å². The highest BCUT2D eigenvalue weighted by Gasteiger charge is 2.13. The highest BCUT2D eigenvalue weighted by Crippen LogP contribution is 2.24. The van der Waals surface area contributed by atoms with Crippen LogP contribution in [0.1, 0.15) is 37.0 Å². The highest BCUT2D eigenvalue weighted by molar-refractivity contribution is 9.10. The monoisotopic (exact) mass is 283 g/mol. The fourth-order valence-electron chi connectivity index (χ4n) is 2.13. The van der Waals surface area contributed by atoms with E-state index in [1.165, 1.54) is 31.5 Å². The molecule has 0 bridgehead atoms. The van der Waals surface area contributed by atoms with Crippen molar-refractivity contribution in [1.82, 2.24) is 4.90 Å². The topological polar surface area (TPSA) is 23.5 Å². The second-order valence-electron chi connectivity index (χ2n) is 4.51. The van der Waals surface area contributed by atoms with Gasteiger partial charge in [0, 0.05) is 11.0 Å². The van der Waals surface area contributed by atoms with Crippen molar-refractivity contribution in [2.75, 3.05) is 13.1 Å². The van der Waals surface area contributed by atoms with Crippen molar-refractivity contribution in [3.8, 4) is 0 Å². The first-order chi connectivity index (χ1) is 7.66. The number of halogens is 1. The second-order valence-corrected chi connectivity index (χ2v) is 5.36. The Hall–Kier alpha value is -0.380. The van der Waals surface area contributed by atoms with Gasteiger partial charge >= 0.3 is 0 Å². The summed E-state index contributed by atoms with van der Waals surface area (Å²) in [5.74, 6) is 0. The van der Waals surface area contributed by atoms with Crippen LogP contribution >= 0.6 is 15.9 Å². The molecule has 0 amide bonds. The Kier molecular flexibility index (Phi) is 4.00. The molecule has 2 nitrogen and oxygen atoms in total. The summed E-state index contributed by atoms with van der Waals surface area (Å²) in [4.78, 5) is 2.47. The predicted molar refractivity (Wildman–Crippen MR) is 69.3 cm³/mol. The molecular weight excluding hydrogens is 266 g/mol. The lowest BCUT2D eigenvalue weighted by molar-refractivity contribution is 0.199. The molecule has 1 fully saturated rings. The van der Waals surface area contributed by atoms with Gasteiger partial charge in [0.05, 0.1) is 6.10 Å². The second kappa shape index (κ2) is 5.30. The summed E-state index contributed by atoms with van der Waals surface area (Å²) in [5, 5.41) is 9.49. The number of hydrogen-bond acceptors (Lipinski definition) is 2. The van der Waals surface area contributed by atoms with E-state index >= 15 is 0 Å². The number of likely N-dealkylation sites (tertiary alicyclic amines) is 1. The minimum Gasteiger partial charge on any atom is -0.389 e. The molecule has 1 aliphatic heterocycles. The summed E-state index contributed by atoms with van der Waals surface area (Å²) in [7, 11) is 0. The summed E-state index contributed by atoms with van der Waals surface area (Å²) in [5.41, 5.74) is 2.28. The summed E-state index contributed by atoms with van der Waals surface area (Å²) in [6.07, 6.45) is 2.25. The van der Waals surface area contributed by atoms with Gasteiger partial charge in [0.1, 0.15) is 0 Å². The van der Waals surface area contributed by atoms with Gasteiger partial charge in [-0.3, -0.25) is 4.90 Å². The van der Waals surface area contributed by atoms with Crippen molar-refractivity contribution >= 4 is 15.9 Å². The molecule has 1 aliphatic rings. The van der Waals surface area contributed by atoms with Crippen molar-refractivity contribution in [2.24, 2.45) is 0 Å². The minimum absolute atomic E-state index is 0.392. The van der Waals surface area contributed by atoms with Gasteiger partial charge in [-0.05, 0) is 50.0 Å². The van der Waals surface area contributed by atoms with E-state index in [4.69, 9.17) is 0 Å². The molecule has 0 spiro atoms. The third kappa shape index (κ3) is 2.84. The molecule has 1 heterocycles. The Morgan fingerprint density at radius 1 is 1.38 bits per heavy atom. The standard InChI is InChI=1S/C13H18BrNO/c1-10(16)11-4-5-12(13(14)8-11)9-15-6-2-3-7-15/h4-5,8,10,16H,2-3,6-7,9H2,1H3. The Morgan fingerprint density at radius 3 is 2.62 bits per heavy atom. The zero-order chi connectivity index (χ0) is 11.5. The van der Waals surface area contributed by atoms with Crippen LogP contribution in [0.15, 0.2) is 22.7 Å². The van der Waals surface area contributed by atoms with Gasteiger partial charge in [-0.2, -0.15) is 0 Å². The number of nitrogens with zero attached hydrogens (tertiary/aromatic N) is 1. The molecule has 1 aromatic rings. The maximum atomic E-state index is 9.49. The number of hydrogen-bond donors (Lipinski definition) is 1. The van der Waals surface area contributed by atoms with Gasteiger partial charge in [-0.15, -0.1) is 0 Å². The normalized spacial score (nSPS) is 18.9. The smallest absolute Gasteiger partial charge is 0.0762 e. The van der Waals surface area contributed by atoms with Crippen LogP contribution in [0.4, 0.5) is 0 Å². The van der Waals surface area contributed by atoms with Gasteiger partial charge in [-0.25, -0.2) is 0 Å². The van der Waals surface area contributed by atoms with E-state index < -0.39 is 6.10 Å². The van der Waals surface area contributed by atoms with Crippen LogP contribution in [0.3, 0.4) is 0 Å². The van der Waals surface area contributed by atoms with E-state index in [1.807, 2.05) is 12.1 Å². The maximum absolute atomic E-state index is 9.49. The van der Waals surface area contributed by atoms with E-state index in [1.54, 1.807) is 6.92 Å². The first-order valence-electron chi connectivity index (χ1n) is 5.85. The SMILES string of the molecule is CC(O)c1ccc(CN2CCCC2)c(Br)c1. The number of aliphatic hydroxyl groups is 1. The van der Waals surface area contributed by atoms with Crippen LogP contribution in [-0.2, 0) is 6.54 Å². The third-order valence-electron chi connectivity index (χ3n) is 3.15. The first kappa shape index (κ1) is 12.1. The molecular formula is C13H18BrNO. The quantitative estimate of drug-likeness (QED) is 0.922. The van der Waals surface area contributed by atoms with E-state index in [2.05, 4.69) is 26.9 Å². The number of benzene rings is 1. The average molecular weight is 284 g/mol. The molecule has 0 aromatic heterocycles. The maximum Gasteiger partial charge on any atom is 0.0762 e. The molecule has 0 radical (unpaired) electrons. The lowest BCUT2D eigenvalue weighted by Gasteiger charge is -2.16. The van der Waals surface area contributed by atoms with Crippen LogP contribution in [0.2, 0.25) is 0 Å². The molecule has 1 aromatic carbocycles. The lowest BCUT2D eigenvalue weighted by Crippen LogP contribution is -2.18. The van der Waals surface area contributed by atoms with Crippen LogP contribution in [-0.4, -0.2) is 23.1 Å². The number of aliphatic hydroxyl groups excluding tert-OH is 1. The van der Waals surface area contributed by atoms with E-state index in [9.17, 15) is 5.11 Å². The van der Waals surface area contributed by atoms with E-state index in [0.717, 1.165) is 16.6 Å². The summed E-state index contributed by atoms with van der Waals surface area (Å²) >= 11 is 3.58. The van der Waals surface area contributed by atoms with Crippen molar-refractivity contribution in [1.29, 1.82) is 0 Å². The largest absolute Gasteiger partial charge is 0.389 e. The molecule has 1 unspecified atom stereocenters. The summed E-state index contributed by atoms with van der Waals surface area (Å²) in [6, 6.07) is 6.15. The van der Waals surface area contributed by atoms with E-state index in [-0.39, 0.29) is 0 Å². The van der Waals surface area contributed by atoms with Crippen LogP contribution in [0.25, 0.3) is 0 Å². The number of rotatable bonds is 3. The Balaban J connectivity index is 2.09. The van der Waals surface area contributed by atoms with Crippen LogP contribution in [0.5, 0.6) is 0 Å². The van der Waals surface area contributed by atoms with Gasteiger partial charge in [0.2, 0.25) is 0 Å². The minimum atomic E-state index is -0.392. The van der Waals surface area contributed by atoms with Gasteiger partial charge < -0.3 is 5.11 Å². The summed E-state index contributed by atoms with van der Waals surface area (Å²) in [6.45, 7) is 5.23. The van der Waals surface area contributed by atoms with Crippen LogP contribution in [0, 0.1) is 0 Å². The highest BCUT2D eigenvalue weighted by atomic mass is 79.9. The predicted octanol–water partition coefficient (Wildman–Crippen LogP) is 3.10. The Labute approximate surface area is 105 Å². The Bertz CT molecular complexity index is 359. The fraction of sp³-hybridized carbons (Fsp3) is 0.538. The molecule has 1 N–H and O–H groups in total. The fourth-order valence-corrected chi connectivity index (χ4v) is 2.66. The first-order valence-corrected chi connectivity index (χ1v) is 6.65. The van der Waals surface area contributed by atoms with Crippen molar-refractivity contribution in [3.05, 3.63) is 33.8 Å². The van der Waals surface area contributed by atoms with Crippen LogP contribution < -0.4 is 0 Å². The average Bonchev–Trinajstić information content (AvgIpc) is 2.73. The Morgan fingerprint density at radius 2 is 2.06 bits per heavy atom. The molecule has 16 heavy (non-hydrogen) atoms. The molecule has 1 saturated heterocycles. The van der Waals surface area contributed by atoms with Gasteiger partial charge in [-0.1, -0.05) is 28.1 Å².